The molecular weight excluding hydrogens is 602 g/mol. The van der Waals surface area contributed by atoms with E-state index in [-0.39, 0.29) is 18.7 Å². The largest absolute Gasteiger partial charge is 0.497 e. The van der Waals surface area contributed by atoms with Crippen LogP contribution >= 0.6 is 0 Å². The highest BCUT2D eigenvalue weighted by Crippen LogP contribution is 2.33. The van der Waals surface area contributed by atoms with Crippen LogP contribution in [0.5, 0.6) is 5.75 Å². The molecule has 3 atom stereocenters. The van der Waals surface area contributed by atoms with Crippen LogP contribution < -0.4 is 15.4 Å². The van der Waals surface area contributed by atoms with Crippen molar-refractivity contribution in [2.75, 3.05) is 45.2 Å². The molecule has 4 heterocycles. The molecule has 5 N–H and O–H groups in total. The zero-order chi connectivity index (χ0) is 33.3. The fourth-order valence-electron chi connectivity index (χ4n) is 6.60. The van der Waals surface area contributed by atoms with Crippen molar-refractivity contribution in [3.8, 4) is 5.75 Å². The van der Waals surface area contributed by atoms with Crippen molar-refractivity contribution in [1.82, 2.24) is 30.1 Å². The van der Waals surface area contributed by atoms with Gasteiger partial charge in [0.1, 0.15) is 11.6 Å². The van der Waals surface area contributed by atoms with Crippen molar-refractivity contribution < 1.29 is 14.9 Å². The Labute approximate surface area is 282 Å². The van der Waals surface area contributed by atoms with Crippen LogP contribution in [0.25, 0.3) is 10.9 Å². The maximum Gasteiger partial charge on any atom is 0.126 e. The van der Waals surface area contributed by atoms with Gasteiger partial charge in [-0.1, -0.05) is 36.4 Å². The van der Waals surface area contributed by atoms with Crippen LogP contribution in [0.2, 0.25) is 0 Å². The molecule has 0 saturated heterocycles. The summed E-state index contributed by atoms with van der Waals surface area (Å²) >= 11 is 0. The first-order valence-electron chi connectivity index (χ1n) is 16.8. The molecule has 5 aromatic rings. The number of aromatic nitrogens is 3. The van der Waals surface area contributed by atoms with Gasteiger partial charge in [0.05, 0.1) is 37.6 Å². The maximum absolute atomic E-state index is 10.7. The van der Waals surface area contributed by atoms with Gasteiger partial charge in [-0.05, 0) is 72.5 Å². The molecule has 0 saturated carbocycles. The van der Waals surface area contributed by atoms with Gasteiger partial charge >= 0.3 is 0 Å². The van der Waals surface area contributed by atoms with Crippen LogP contribution in [0.4, 0.5) is 5.82 Å². The van der Waals surface area contributed by atoms with E-state index in [0.717, 1.165) is 60.9 Å². The molecule has 0 radical (unpaired) electrons. The van der Waals surface area contributed by atoms with E-state index < -0.39 is 6.10 Å². The van der Waals surface area contributed by atoms with Gasteiger partial charge in [0.25, 0.3) is 0 Å². The highest BCUT2D eigenvalue weighted by Gasteiger charge is 2.27. The standard InChI is InChI=1S/C38H47N7O3/c1-27(47)35(43-38-8-4-6-17-41-38)24-44(20-18-39-22-30-7-3-5-16-40-30)23-28-9-11-29(12-10-28)37(26-46)45-19-15-32-33-21-31(48-2)13-14-34(33)42-36(32)25-45/h3-14,16-17,21,27,35,37,39,42,46-47H,15,18-20,22-26H2,1-2H3,(H,41,43). The number of aliphatic hydroxyl groups excluding tert-OH is 2. The summed E-state index contributed by atoms with van der Waals surface area (Å²) in [5.74, 6) is 1.61. The molecule has 1 aliphatic heterocycles. The number of rotatable bonds is 16. The summed E-state index contributed by atoms with van der Waals surface area (Å²) in [5, 5.41) is 29.4. The van der Waals surface area contributed by atoms with E-state index in [1.165, 1.54) is 22.2 Å². The summed E-state index contributed by atoms with van der Waals surface area (Å²) in [4.78, 5) is 17.2. The van der Waals surface area contributed by atoms with Gasteiger partial charge in [0, 0.05) is 74.8 Å². The minimum atomic E-state index is -0.576. The monoisotopic (exact) mass is 649 g/mol. The van der Waals surface area contributed by atoms with E-state index in [1.807, 2.05) is 55.6 Å². The summed E-state index contributed by atoms with van der Waals surface area (Å²) in [6.07, 6.45) is 3.90. The lowest BCUT2D eigenvalue weighted by molar-refractivity contribution is 0.110. The number of methoxy groups -OCH3 is 1. The third kappa shape index (κ3) is 8.39. The molecule has 0 fully saturated rings. The van der Waals surface area contributed by atoms with Gasteiger partial charge in [0.15, 0.2) is 0 Å². The average molecular weight is 650 g/mol. The molecule has 2 aromatic carbocycles. The summed E-state index contributed by atoms with van der Waals surface area (Å²) < 4.78 is 5.46. The highest BCUT2D eigenvalue weighted by atomic mass is 16.5. The number of aromatic amines is 1. The van der Waals surface area contributed by atoms with Crippen molar-refractivity contribution in [2.24, 2.45) is 0 Å². The molecule has 10 heteroatoms. The van der Waals surface area contributed by atoms with Crippen LogP contribution in [-0.4, -0.2) is 87.0 Å². The van der Waals surface area contributed by atoms with E-state index in [0.29, 0.717) is 19.6 Å². The summed E-state index contributed by atoms with van der Waals surface area (Å²) in [7, 11) is 1.70. The van der Waals surface area contributed by atoms with Crippen molar-refractivity contribution in [1.29, 1.82) is 0 Å². The Balaban J connectivity index is 1.13. The lowest BCUT2D eigenvalue weighted by Crippen LogP contribution is -2.44. The molecule has 3 unspecified atom stereocenters. The van der Waals surface area contributed by atoms with E-state index in [4.69, 9.17) is 4.74 Å². The topological polar surface area (TPSA) is 122 Å². The number of hydrogen-bond acceptors (Lipinski definition) is 9. The fraction of sp³-hybridized carbons (Fsp3) is 0.368. The van der Waals surface area contributed by atoms with Crippen molar-refractivity contribution in [3.63, 3.8) is 0 Å². The third-order valence-corrected chi connectivity index (χ3v) is 9.27. The first-order valence-corrected chi connectivity index (χ1v) is 16.8. The van der Waals surface area contributed by atoms with Gasteiger partial charge in [-0.3, -0.25) is 14.8 Å². The maximum atomic E-state index is 10.7. The molecule has 3 aromatic heterocycles. The number of hydrogen-bond donors (Lipinski definition) is 5. The number of ether oxygens (including phenoxy) is 1. The number of pyridine rings is 2. The molecule has 0 bridgehead atoms. The Kier molecular flexibility index (Phi) is 11.3. The molecule has 1 aliphatic rings. The van der Waals surface area contributed by atoms with Gasteiger partial charge in [-0.2, -0.15) is 0 Å². The summed E-state index contributed by atoms with van der Waals surface area (Å²) in [6, 6.07) is 26.2. The number of nitrogens with zero attached hydrogens (tertiary/aromatic N) is 4. The summed E-state index contributed by atoms with van der Waals surface area (Å²) in [6.45, 7) is 7.09. The van der Waals surface area contributed by atoms with Crippen molar-refractivity contribution in [2.45, 2.75) is 51.2 Å². The second kappa shape index (κ2) is 16.2. The Bertz CT molecular complexity index is 1710. The molecule has 0 spiro atoms. The minimum absolute atomic E-state index is 0.0477. The second-order valence-electron chi connectivity index (χ2n) is 12.6. The SMILES string of the molecule is COc1ccc2[nH]c3c(c2c1)CCN(C(CO)c1ccc(CN(CCNCc2ccccn2)CC(Nc2ccccn2)C(C)O)cc1)C3. The fourth-order valence-corrected chi connectivity index (χ4v) is 6.60. The van der Waals surface area contributed by atoms with Gasteiger partial charge in [-0.25, -0.2) is 4.98 Å². The van der Waals surface area contributed by atoms with Crippen LogP contribution in [0.3, 0.4) is 0 Å². The van der Waals surface area contributed by atoms with Crippen LogP contribution in [0.1, 0.15) is 41.0 Å². The van der Waals surface area contributed by atoms with E-state index >= 15 is 0 Å². The lowest BCUT2D eigenvalue weighted by atomic mass is 9.98. The zero-order valence-corrected chi connectivity index (χ0v) is 27.8. The van der Waals surface area contributed by atoms with Crippen molar-refractivity contribution >= 4 is 16.7 Å². The van der Waals surface area contributed by atoms with Gasteiger partial charge in [-0.15, -0.1) is 0 Å². The van der Waals surface area contributed by atoms with Gasteiger partial charge in [0.2, 0.25) is 0 Å². The number of benzene rings is 2. The predicted molar refractivity (Wildman–Crippen MR) is 190 cm³/mol. The number of aliphatic hydroxyl groups is 2. The van der Waals surface area contributed by atoms with Crippen LogP contribution in [0.15, 0.2) is 91.3 Å². The smallest absolute Gasteiger partial charge is 0.126 e. The Morgan fingerprint density at radius 2 is 1.83 bits per heavy atom. The number of fused-ring (bicyclic) bond motifs is 3. The van der Waals surface area contributed by atoms with E-state index in [9.17, 15) is 10.2 Å². The molecule has 10 nitrogen and oxygen atoms in total. The first-order chi connectivity index (χ1) is 23.5. The molecular formula is C38H47N7O3. The van der Waals surface area contributed by atoms with Crippen LogP contribution in [0, 0.1) is 0 Å². The molecule has 0 aliphatic carbocycles. The second-order valence-corrected chi connectivity index (χ2v) is 12.6. The quantitative estimate of drug-likeness (QED) is 0.0984. The number of nitrogens with one attached hydrogen (secondary N) is 3. The minimum Gasteiger partial charge on any atom is -0.497 e. The van der Waals surface area contributed by atoms with Crippen molar-refractivity contribution in [3.05, 3.63) is 119 Å². The Morgan fingerprint density at radius 3 is 2.54 bits per heavy atom. The highest BCUT2D eigenvalue weighted by molar-refractivity contribution is 5.86. The Morgan fingerprint density at radius 1 is 1.02 bits per heavy atom. The molecule has 6 rings (SSSR count). The third-order valence-electron chi connectivity index (χ3n) is 9.27. The first kappa shape index (κ1) is 33.6. The van der Waals surface area contributed by atoms with E-state index in [1.54, 1.807) is 13.3 Å². The average Bonchev–Trinajstić information content (AvgIpc) is 3.48. The number of anilines is 1. The molecule has 0 amide bonds. The number of H-pyrrole nitrogens is 1. The molecule has 252 valence electrons. The van der Waals surface area contributed by atoms with Crippen LogP contribution in [-0.2, 0) is 26.1 Å². The zero-order valence-electron chi connectivity index (χ0n) is 27.8. The van der Waals surface area contributed by atoms with E-state index in [2.05, 4.69) is 71.8 Å². The predicted octanol–water partition coefficient (Wildman–Crippen LogP) is 4.51. The van der Waals surface area contributed by atoms with Gasteiger partial charge < -0.3 is 30.6 Å². The summed E-state index contributed by atoms with van der Waals surface area (Å²) in [5.41, 5.74) is 6.95. The molecule has 48 heavy (non-hydrogen) atoms. The Hall–Kier alpha value is -4.32. The normalized spacial score (nSPS) is 15.3. The lowest BCUT2D eigenvalue weighted by Gasteiger charge is -2.34.